The number of hydrogen-bond acceptors (Lipinski definition) is 2. The van der Waals surface area contributed by atoms with Crippen molar-refractivity contribution in [3.05, 3.63) is 12.2 Å². The van der Waals surface area contributed by atoms with E-state index in [-0.39, 0.29) is 18.3 Å². The molecule has 1 saturated heterocycles. The molecule has 0 amide bonds. The lowest BCUT2D eigenvalue weighted by atomic mass is 9.61. The van der Waals surface area contributed by atoms with Gasteiger partial charge in [-0.3, -0.25) is 0 Å². The molecule has 0 radical (unpaired) electrons. The Hall–Kier alpha value is -0.275. The van der Waals surface area contributed by atoms with Crippen molar-refractivity contribution in [2.75, 3.05) is 0 Å². The van der Waals surface area contributed by atoms with Crippen LogP contribution in [0.2, 0.25) is 5.82 Å². The maximum Gasteiger partial charge on any atom is 0.461 e. The van der Waals surface area contributed by atoms with Crippen molar-refractivity contribution in [1.82, 2.24) is 0 Å². The number of hydrogen-bond donors (Lipinski definition) is 0. The Morgan fingerprint density at radius 2 is 1.69 bits per heavy atom. The molecular formula is C13H23BO2. The van der Waals surface area contributed by atoms with Crippen LogP contribution in [0, 0.1) is 5.92 Å². The van der Waals surface area contributed by atoms with Crippen LogP contribution in [0.25, 0.3) is 0 Å². The van der Waals surface area contributed by atoms with E-state index in [0.29, 0.717) is 11.7 Å². The van der Waals surface area contributed by atoms with Crippen LogP contribution in [0.3, 0.4) is 0 Å². The van der Waals surface area contributed by atoms with Crippen LogP contribution in [0.4, 0.5) is 0 Å². The van der Waals surface area contributed by atoms with Gasteiger partial charge in [0.15, 0.2) is 0 Å². The molecule has 0 saturated carbocycles. The lowest BCUT2D eigenvalue weighted by Gasteiger charge is -2.32. The largest absolute Gasteiger partial charge is 0.461 e. The van der Waals surface area contributed by atoms with Crippen molar-refractivity contribution in [1.29, 1.82) is 0 Å². The van der Waals surface area contributed by atoms with E-state index >= 15 is 0 Å². The molecule has 3 heteroatoms. The molecule has 1 aliphatic heterocycles. The number of allylic oxidation sites excluding steroid dienone is 2. The van der Waals surface area contributed by atoms with Crippen LogP contribution in [0.1, 0.15) is 47.5 Å². The van der Waals surface area contributed by atoms with Gasteiger partial charge >= 0.3 is 7.12 Å². The highest BCUT2D eigenvalue weighted by Crippen LogP contribution is 2.44. The molecular weight excluding hydrogens is 199 g/mol. The molecule has 2 nitrogen and oxygen atoms in total. The van der Waals surface area contributed by atoms with Gasteiger partial charge in [0.1, 0.15) is 0 Å². The summed E-state index contributed by atoms with van der Waals surface area (Å²) < 4.78 is 12.2. The second-order valence-corrected chi connectivity index (χ2v) is 6.15. The predicted octanol–water partition coefficient (Wildman–Crippen LogP) is 3.43. The van der Waals surface area contributed by atoms with E-state index in [2.05, 4.69) is 46.8 Å². The van der Waals surface area contributed by atoms with Crippen molar-refractivity contribution >= 4 is 7.12 Å². The van der Waals surface area contributed by atoms with E-state index in [9.17, 15) is 0 Å². The quantitative estimate of drug-likeness (QED) is 0.499. The van der Waals surface area contributed by atoms with E-state index in [1.807, 2.05) is 0 Å². The van der Waals surface area contributed by atoms with Crippen LogP contribution in [-0.4, -0.2) is 18.3 Å². The van der Waals surface area contributed by atoms with Gasteiger partial charge in [-0.25, -0.2) is 0 Å². The van der Waals surface area contributed by atoms with Crippen molar-refractivity contribution in [2.24, 2.45) is 5.92 Å². The summed E-state index contributed by atoms with van der Waals surface area (Å²) in [6.45, 7) is 10.7. The lowest BCUT2D eigenvalue weighted by molar-refractivity contribution is 0.00578. The van der Waals surface area contributed by atoms with Gasteiger partial charge in [0.25, 0.3) is 0 Å². The Kier molecular flexibility index (Phi) is 2.96. The van der Waals surface area contributed by atoms with Crippen molar-refractivity contribution in [3.63, 3.8) is 0 Å². The Labute approximate surface area is 99.5 Å². The summed E-state index contributed by atoms with van der Waals surface area (Å²) in [4.78, 5) is 0. The van der Waals surface area contributed by atoms with Gasteiger partial charge in [0.2, 0.25) is 0 Å². The van der Waals surface area contributed by atoms with E-state index < -0.39 is 0 Å². The molecule has 90 valence electrons. The molecule has 2 rings (SSSR count). The first kappa shape index (κ1) is 12.2. The average Bonchev–Trinajstić information content (AvgIpc) is 2.36. The fourth-order valence-electron chi connectivity index (χ4n) is 2.45. The Morgan fingerprint density at radius 1 is 1.12 bits per heavy atom. The third-order valence-electron chi connectivity index (χ3n) is 4.40. The maximum absolute atomic E-state index is 6.12. The van der Waals surface area contributed by atoms with Gasteiger partial charge in [-0.1, -0.05) is 19.1 Å². The molecule has 0 aromatic carbocycles. The van der Waals surface area contributed by atoms with Gasteiger partial charge < -0.3 is 9.31 Å². The molecule has 2 atom stereocenters. The van der Waals surface area contributed by atoms with E-state index in [1.54, 1.807) is 0 Å². The van der Waals surface area contributed by atoms with Gasteiger partial charge in [-0.05, 0) is 46.5 Å². The second-order valence-electron chi connectivity index (χ2n) is 6.15. The minimum atomic E-state index is -0.196. The van der Waals surface area contributed by atoms with E-state index in [1.165, 1.54) is 6.42 Å². The standard InChI is InChI=1S/C13H23BO2/c1-10-8-6-7-9-11(10)14-15-12(2,3)13(4,5)16-14/h6,8,10-11H,7,9H2,1-5H3/t10-,11+/m0/s1. The first-order valence-corrected chi connectivity index (χ1v) is 6.36. The third-order valence-corrected chi connectivity index (χ3v) is 4.40. The molecule has 1 heterocycles. The maximum atomic E-state index is 6.12. The molecule has 0 aromatic heterocycles. The van der Waals surface area contributed by atoms with E-state index in [0.717, 1.165) is 6.42 Å². The highest BCUT2D eigenvalue weighted by Gasteiger charge is 2.54. The summed E-state index contributed by atoms with van der Waals surface area (Å²) in [5.74, 6) is 1.06. The Bertz CT molecular complexity index is 280. The minimum absolute atomic E-state index is 0.0371. The molecule has 1 aliphatic carbocycles. The highest BCUT2D eigenvalue weighted by molar-refractivity contribution is 6.47. The topological polar surface area (TPSA) is 18.5 Å². The normalized spacial score (nSPS) is 36.7. The minimum Gasteiger partial charge on any atom is -0.403 e. The zero-order valence-electron chi connectivity index (χ0n) is 11.1. The zero-order chi connectivity index (χ0) is 12.0. The van der Waals surface area contributed by atoms with Crippen LogP contribution in [-0.2, 0) is 9.31 Å². The van der Waals surface area contributed by atoms with E-state index in [4.69, 9.17) is 9.31 Å². The fourth-order valence-corrected chi connectivity index (χ4v) is 2.45. The summed E-state index contributed by atoms with van der Waals surface area (Å²) in [5.41, 5.74) is -0.392. The fraction of sp³-hybridized carbons (Fsp3) is 0.846. The van der Waals surface area contributed by atoms with Crippen molar-refractivity contribution in [3.8, 4) is 0 Å². The summed E-state index contributed by atoms with van der Waals surface area (Å²) >= 11 is 0. The third kappa shape index (κ3) is 1.95. The Balaban J connectivity index is 2.11. The number of rotatable bonds is 1. The zero-order valence-corrected chi connectivity index (χ0v) is 11.1. The van der Waals surface area contributed by atoms with Gasteiger partial charge in [0.05, 0.1) is 11.2 Å². The second kappa shape index (κ2) is 3.88. The first-order chi connectivity index (χ1) is 7.33. The summed E-state index contributed by atoms with van der Waals surface area (Å²) in [5, 5.41) is 0. The van der Waals surface area contributed by atoms with Crippen molar-refractivity contribution < 1.29 is 9.31 Å². The van der Waals surface area contributed by atoms with Crippen LogP contribution < -0.4 is 0 Å². The average molecular weight is 222 g/mol. The first-order valence-electron chi connectivity index (χ1n) is 6.36. The summed E-state index contributed by atoms with van der Waals surface area (Å²) in [7, 11) is -0.0371. The molecule has 16 heavy (non-hydrogen) atoms. The molecule has 2 aliphatic rings. The lowest BCUT2D eigenvalue weighted by Crippen LogP contribution is -2.41. The molecule has 1 fully saturated rings. The predicted molar refractivity (Wildman–Crippen MR) is 67.4 cm³/mol. The monoisotopic (exact) mass is 222 g/mol. The SMILES string of the molecule is C[C@H]1C=CCC[C@H]1B1OC(C)(C)C(C)(C)O1. The van der Waals surface area contributed by atoms with Gasteiger partial charge in [-0.2, -0.15) is 0 Å². The molecule has 0 N–H and O–H groups in total. The highest BCUT2D eigenvalue weighted by atomic mass is 16.7. The smallest absolute Gasteiger partial charge is 0.403 e. The molecule has 0 unspecified atom stereocenters. The van der Waals surface area contributed by atoms with Gasteiger partial charge in [-0.15, -0.1) is 0 Å². The van der Waals surface area contributed by atoms with Crippen molar-refractivity contribution in [2.45, 2.75) is 64.5 Å². The summed E-state index contributed by atoms with van der Waals surface area (Å²) in [6.07, 6.45) is 6.89. The van der Waals surface area contributed by atoms with Gasteiger partial charge in [0, 0.05) is 5.82 Å². The molecule has 0 bridgehead atoms. The summed E-state index contributed by atoms with van der Waals surface area (Å²) in [6, 6.07) is 0. The van der Waals surface area contributed by atoms with Crippen LogP contribution in [0.5, 0.6) is 0 Å². The molecule has 0 aromatic rings. The molecule has 0 spiro atoms. The van der Waals surface area contributed by atoms with Crippen LogP contribution >= 0.6 is 0 Å². The Morgan fingerprint density at radius 3 is 2.19 bits per heavy atom. The van der Waals surface area contributed by atoms with Crippen LogP contribution in [0.15, 0.2) is 12.2 Å².